The fourth-order valence-corrected chi connectivity index (χ4v) is 3.07. The van der Waals surface area contributed by atoms with Crippen molar-refractivity contribution in [3.05, 3.63) is 29.8 Å². The molecule has 1 saturated carbocycles. The van der Waals surface area contributed by atoms with Crippen molar-refractivity contribution in [2.75, 3.05) is 12.8 Å². The maximum absolute atomic E-state index is 11.9. The van der Waals surface area contributed by atoms with Crippen molar-refractivity contribution in [1.82, 2.24) is 5.32 Å². The Hall–Kier alpha value is -1.40. The van der Waals surface area contributed by atoms with Gasteiger partial charge in [0.15, 0.2) is 9.84 Å². The van der Waals surface area contributed by atoms with Crippen molar-refractivity contribution >= 4 is 15.7 Å². The normalized spacial score (nSPS) is 22.7. The lowest BCUT2D eigenvalue weighted by atomic mass is 10.1. The molecule has 2 N–H and O–H groups in total. The van der Waals surface area contributed by atoms with Crippen LogP contribution in [0.4, 0.5) is 0 Å². The van der Waals surface area contributed by atoms with E-state index < -0.39 is 9.84 Å². The van der Waals surface area contributed by atoms with Crippen molar-refractivity contribution < 1.29 is 18.3 Å². The van der Waals surface area contributed by atoms with E-state index in [1.807, 2.05) is 0 Å². The van der Waals surface area contributed by atoms with Gasteiger partial charge in [0, 0.05) is 24.3 Å². The van der Waals surface area contributed by atoms with E-state index >= 15 is 0 Å². The largest absolute Gasteiger partial charge is 0.393 e. The van der Waals surface area contributed by atoms with Gasteiger partial charge in [-0.25, -0.2) is 8.42 Å². The van der Waals surface area contributed by atoms with Gasteiger partial charge in [-0.05, 0) is 37.1 Å². The summed E-state index contributed by atoms with van der Waals surface area (Å²) in [5.74, 6) is -0.126. The van der Waals surface area contributed by atoms with Crippen LogP contribution >= 0.6 is 0 Å². The molecule has 0 radical (unpaired) electrons. The molecule has 2 atom stereocenters. The highest BCUT2D eigenvalue weighted by molar-refractivity contribution is 7.90. The summed E-state index contributed by atoms with van der Waals surface area (Å²) in [5.41, 5.74) is 0.421. The minimum atomic E-state index is -3.24. The van der Waals surface area contributed by atoms with E-state index in [-0.39, 0.29) is 22.8 Å². The Morgan fingerprint density at radius 3 is 2.45 bits per heavy atom. The molecule has 5 nitrogen and oxygen atoms in total. The summed E-state index contributed by atoms with van der Waals surface area (Å²) in [7, 11) is -3.24. The zero-order valence-electron chi connectivity index (χ0n) is 11.4. The van der Waals surface area contributed by atoms with Gasteiger partial charge in [0.25, 0.3) is 5.91 Å². The lowest BCUT2D eigenvalue weighted by Crippen LogP contribution is -2.32. The number of rotatable bonds is 4. The van der Waals surface area contributed by atoms with E-state index in [1.54, 1.807) is 0 Å². The molecule has 1 fully saturated rings. The molecule has 0 bridgehead atoms. The maximum Gasteiger partial charge on any atom is 0.251 e. The Bertz CT molecular complexity index is 580. The van der Waals surface area contributed by atoms with Gasteiger partial charge in [-0.15, -0.1) is 0 Å². The van der Waals surface area contributed by atoms with Crippen molar-refractivity contribution in [3.63, 3.8) is 0 Å². The van der Waals surface area contributed by atoms with Gasteiger partial charge in [-0.1, -0.05) is 6.42 Å². The quantitative estimate of drug-likeness (QED) is 0.868. The molecule has 0 heterocycles. The third kappa shape index (κ3) is 3.58. The predicted molar refractivity (Wildman–Crippen MR) is 75.2 cm³/mol. The van der Waals surface area contributed by atoms with Crippen LogP contribution in [0.5, 0.6) is 0 Å². The fraction of sp³-hybridized carbons (Fsp3) is 0.500. The molecule has 1 aromatic carbocycles. The molecule has 2 rings (SSSR count). The molecule has 1 amide bonds. The standard InChI is InChI=1S/C14H19NO4S/c1-20(18,19)12-7-5-10(6-8-12)14(17)15-9-11-3-2-4-13(11)16/h5-8,11,13,16H,2-4,9H2,1H3,(H,15,17). The van der Waals surface area contributed by atoms with Gasteiger partial charge < -0.3 is 10.4 Å². The number of amides is 1. The van der Waals surface area contributed by atoms with Crippen LogP contribution in [0.15, 0.2) is 29.2 Å². The van der Waals surface area contributed by atoms with E-state index in [1.165, 1.54) is 24.3 Å². The lowest BCUT2D eigenvalue weighted by Gasteiger charge is -2.15. The highest BCUT2D eigenvalue weighted by Crippen LogP contribution is 2.24. The molecule has 0 aliphatic heterocycles. The molecular weight excluding hydrogens is 278 g/mol. The van der Waals surface area contributed by atoms with Crippen LogP contribution in [-0.2, 0) is 9.84 Å². The van der Waals surface area contributed by atoms with Gasteiger partial charge in [-0.3, -0.25) is 4.79 Å². The van der Waals surface area contributed by atoms with Crippen LogP contribution in [0.2, 0.25) is 0 Å². The van der Waals surface area contributed by atoms with Crippen LogP contribution in [-0.4, -0.2) is 38.3 Å². The second-order valence-corrected chi connectivity index (χ2v) is 7.28. The first-order valence-electron chi connectivity index (χ1n) is 6.64. The number of hydrogen-bond acceptors (Lipinski definition) is 4. The van der Waals surface area contributed by atoms with Crippen LogP contribution in [0, 0.1) is 5.92 Å². The van der Waals surface area contributed by atoms with E-state index in [0.717, 1.165) is 25.5 Å². The fourth-order valence-electron chi connectivity index (χ4n) is 2.43. The van der Waals surface area contributed by atoms with E-state index in [2.05, 4.69) is 5.32 Å². The topological polar surface area (TPSA) is 83.5 Å². The molecule has 0 spiro atoms. The maximum atomic E-state index is 11.9. The summed E-state index contributed by atoms with van der Waals surface area (Å²) in [6, 6.07) is 5.84. The molecule has 2 unspecified atom stereocenters. The van der Waals surface area contributed by atoms with E-state index in [4.69, 9.17) is 0 Å². The molecule has 0 saturated heterocycles. The number of benzene rings is 1. The SMILES string of the molecule is CS(=O)(=O)c1ccc(C(=O)NCC2CCCC2O)cc1. The van der Waals surface area contributed by atoms with Crippen molar-refractivity contribution in [2.24, 2.45) is 5.92 Å². The van der Waals surface area contributed by atoms with Gasteiger partial charge in [-0.2, -0.15) is 0 Å². The molecule has 20 heavy (non-hydrogen) atoms. The Kier molecular flexibility index (Phi) is 4.45. The number of aliphatic hydroxyl groups excluding tert-OH is 1. The zero-order valence-corrected chi connectivity index (χ0v) is 12.2. The molecular formula is C14H19NO4S. The zero-order chi connectivity index (χ0) is 14.8. The number of sulfone groups is 1. The Morgan fingerprint density at radius 2 is 1.95 bits per heavy atom. The average Bonchev–Trinajstić information content (AvgIpc) is 2.81. The van der Waals surface area contributed by atoms with Crippen LogP contribution < -0.4 is 5.32 Å². The molecule has 1 aromatic rings. The molecule has 0 aromatic heterocycles. The summed E-state index contributed by atoms with van der Waals surface area (Å²) in [6.07, 6.45) is 3.51. The minimum Gasteiger partial charge on any atom is -0.393 e. The van der Waals surface area contributed by atoms with E-state index in [9.17, 15) is 18.3 Å². The number of nitrogens with one attached hydrogen (secondary N) is 1. The first kappa shape index (κ1) is 15.0. The Morgan fingerprint density at radius 1 is 1.30 bits per heavy atom. The smallest absolute Gasteiger partial charge is 0.251 e. The third-order valence-electron chi connectivity index (χ3n) is 3.69. The van der Waals surface area contributed by atoms with Gasteiger partial charge in [0.05, 0.1) is 11.0 Å². The van der Waals surface area contributed by atoms with Crippen LogP contribution in [0.1, 0.15) is 29.6 Å². The Balaban J connectivity index is 1.96. The number of carbonyl (C=O) groups excluding carboxylic acids is 1. The van der Waals surface area contributed by atoms with Crippen molar-refractivity contribution in [3.8, 4) is 0 Å². The van der Waals surface area contributed by atoms with Gasteiger partial charge >= 0.3 is 0 Å². The first-order valence-corrected chi connectivity index (χ1v) is 8.53. The summed E-state index contributed by atoms with van der Waals surface area (Å²) in [5, 5.41) is 12.5. The lowest BCUT2D eigenvalue weighted by molar-refractivity contribution is 0.0916. The molecule has 6 heteroatoms. The Labute approximate surface area is 118 Å². The molecule has 110 valence electrons. The number of aliphatic hydroxyl groups is 1. The summed E-state index contributed by atoms with van der Waals surface area (Å²) in [6.45, 7) is 0.452. The summed E-state index contributed by atoms with van der Waals surface area (Å²) in [4.78, 5) is 12.1. The summed E-state index contributed by atoms with van der Waals surface area (Å²) < 4.78 is 22.6. The second kappa shape index (κ2) is 5.93. The molecule has 1 aliphatic rings. The average molecular weight is 297 g/mol. The highest BCUT2D eigenvalue weighted by atomic mass is 32.2. The van der Waals surface area contributed by atoms with Crippen molar-refractivity contribution in [1.29, 1.82) is 0 Å². The second-order valence-electron chi connectivity index (χ2n) is 5.26. The number of carbonyl (C=O) groups is 1. The van der Waals surface area contributed by atoms with Crippen molar-refractivity contribution in [2.45, 2.75) is 30.3 Å². The summed E-state index contributed by atoms with van der Waals surface area (Å²) >= 11 is 0. The minimum absolute atomic E-state index is 0.120. The van der Waals surface area contributed by atoms with Gasteiger partial charge in [0.2, 0.25) is 0 Å². The highest BCUT2D eigenvalue weighted by Gasteiger charge is 2.25. The van der Waals surface area contributed by atoms with E-state index in [0.29, 0.717) is 12.1 Å². The number of hydrogen-bond donors (Lipinski definition) is 2. The monoisotopic (exact) mass is 297 g/mol. The molecule has 1 aliphatic carbocycles. The van der Waals surface area contributed by atoms with Crippen LogP contribution in [0.3, 0.4) is 0 Å². The third-order valence-corrected chi connectivity index (χ3v) is 4.82. The van der Waals surface area contributed by atoms with Crippen LogP contribution in [0.25, 0.3) is 0 Å². The first-order chi connectivity index (χ1) is 9.38. The van der Waals surface area contributed by atoms with Gasteiger partial charge in [0.1, 0.15) is 0 Å². The predicted octanol–water partition coefficient (Wildman–Crippen LogP) is 0.981.